The van der Waals surface area contributed by atoms with Gasteiger partial charge in [-0.1, -0.05) is 18.1 Å². The highest BCUT2D eigenvalue weighted by molar-refractivity contribution is 5.98. The number of para-hydroxylation sites is 1. The maximum absolute atomic E-state index is 13.5. The lowest BCUT2D eigenvalue weighted by atomic mass is 9.99. The first kappa shape index (κ1) is 20.6. The van der Waals surface area contributed by atoms with Crippen LogP contribution in [0.25, 0.3) is 5.69 Å². The van der Waals surface area contributed by atoms with E-state index in [9.17, 15) is 9.90 Å². The zero-order valence-electron chi connectivity index (χ0n) is 17.1. The van der Waals surface area contributed by atoms with Gasteiger partial charge < -0.3 is 14.7 Å². The number of pyridine rings is 1. The first-order valence-electron chi connectivity index (χ1n) is 10.1. The number of likely N-dealkylation sites (tertiary alicyclic amines) is 1. The number of terminal acetylenes is 1. The lowest BCUT2D eigenvalue weighted by Gasteiger charge is -2.38. The topological polar surface area (TPSA) is 93.4 Å². The van der Waals surface area contributed by atoms with Crippen molar-refractivity contribution in [3.8, 4) is 23.9 Å². The van der Waals surface area contributed by atoms with Gasteiger partial charge in [-0.3, -0.25) is 4.79 Å². The summed E-state index contributed by atoms with van der Waals surface area (Å²) >= 11 is 0. The van der Waals surface area contributed by atoms with Crippen molar-refractivity contribution < 1.29 is 14.6 Å². The molecule has 8 nitrogen and oxygen atoms in total. The minimum absolute atomic E-state index is 0.0467. The van der Waals surface area contributed by atoms with Gasteiger partial charge in [-0.2, -0.15) is 15.0 Å². The Balaban J connectivity index is 1.56. The number of ether oxygens (including phenoxy) is 1. The lowest BCUT2D eigenvalue weighted by molar-refractivity contribution is 0.0364. The summed E-state index contributed by atoms with van der Waals surface area (Å²) in [6.45, 7) is 2.42. The van der Waals surface area contributed by atoms with Gasteiger partial charge >= 0.3 is 0 Å². The van der Waals surface area contributed by atoms with Crippen LogP contribution in [0.1, 0.15) is 41.8 Å². The zero-order valence-corrected chi connectivity index (χ0v) is 17.1. The van der Waals surface area contributed by atoms with Crippen LogP contribution >= 0.6 is 0 Å². The third-order valence-corrected chi connectivity index (χ3v) is 5.40. The van der Waals surface area contributed by atoms with Crippen molar-refractivity contribution in [1.82, 2.24) is 24.9 Å². The quantitative estimate of drug-likeness (QED) is 0.641. The van der Waals surface area contributed by atoms with Crippen LogP contribution in [0.5, 0.6) is 5.88 Å². The molecule has 0 radical (unpaired) electrons. The molecule has 0 saturated carbocycles. The molecule has 1 aliphatic rings. The van der Waals surface area contributed by atoms with Gasteiger partial charge in [0.1, 0.15) is 12.2 Å². The van der Waals surface area contributed by atoms with Crippen molar-refractivity contribution in [2.24, 2.45) is 0 Å². The van der Waals surface area contributed by atoms with E-state index >= 15 is 0 Å². The molecule has 4 rings (SSSR count). The number of nitrogens with zero attached hydrogens (tertiary/aromatic N) is 5. The molecule has 2 aromatic heterocycles. The van der Waals surface area contributed by atoms with Gasteiger partial charge in [0.05, 0.1) is 35.8 Å². The molecule has 1 saturated heterocycles. The van der Waals surface area contributed by atoms with E-state index in [1.54, 1.807) is 41.7 Å². The van der Waals surface area contributed by atoms with Gasteiger partial charge in [-0.05, 0) is 44.0 Å². The molecule has 1 N–H and O–H groups in total. The van der Waals surface area contributed by atoms with Crippen LogP contribution < -0.4 is 4.74 Å². The van der Waals surface area contributed by atoms with Crippen molar-refractivity contribution in [3.63, 3.8) is 0 Å². The van der Waals surface area contributed by atoms with Crippen LogP contribution in [-0.2, 0) is 0 Å². The van der Waals surface area contributed by atoms with E-state index in [4.69, 9.17) is 11.2 Å². The normalized spacial score (nSPS) is 19.5. The fourth-order valence-corrected chi connectivity index (χ4v) is 3.73. The Morgan fingerprint density at radius 3 is 2.74 bits per heavy atom. The Bertz CT molecular complexity index is 1090. The number of hydrogen-bond acceptors (Lipinski definition) is 6. The van der Waals surface area contributed by atoms with Crippen LogP contribution in [0.2, 0.25) is 0 Å². The van der Waals surface area contributed by atoms with E-state index in [1.807, 2.05) is 25.1 Å². The summed E-state index contributed by atoms with van der Waals surface area (Å²) < 4.78 is 6.09. The molecule has 158 valence electrons. The minimum Gasteiger partial charge on any atom is -0.472 e. The number of aliphatic hydroxyl groups is 1. The van der Waals surface area contributed by atoms with Crippen LogP contribution in [0.4, 0.5) is 0 Å². The van der Waals surface area contributed by atoms with Crippen LogP contribution in [0, 0.1) is 12.3 Å². The monoisotopic (exact) mass is 417 g/mol. The Morgan fingerprint density at radius 2 is 1.97 bits per heavy atom. The molecule has 1 amide bonds. The molecule has 1 fully saturated rings. The Kier molecular flexibility index (Phi) is 5.96. The summed E-state index contributed by atoms with van der Waals surface area (Å²) in [5.41, 5.74) is 1.58. The Hall–Kier alpha value is -3.70. The van der Waals surface area contributed by atoms with E-state index in [-0.39, 0.29) is 18.1 Å². The van der Waals surface area contributed by atoms with Gasteiger partial charge in [-0.25, -0.2) is 4.98 Å². The molecule has 0 spiro atoms. The SMILES string of the molecule is C#C[C@H](O)c1cccnc1O[C@@H]1CC[C@@H](C)N(C(=O)c2ccccc2-n2nccn2)C1. The summed E-state index contributed by atoms with van der Waals surface area (Å²) in [7, 11) is 0. The molecule has 0 unspecified atom stereocenters. The summed E-state index contributed by atoms with van der Waals surface area (Å²) in [6.07, 6.45) is 10.3. The smallest absolute Gasteiger partial charge is 0.256 e. The molecule has 3 aromatic rings. The largest absolute Gasteiger partial charge is 0.472 e. The second-order valence-corrected chi connectivity index (χ2v) is 7.43. The van der Waals surface area contributed by atoms with E-state index in [1.165, 1.54) is 4.80 Å². The second-order valence-electron chi connectivity index (χ2n) is 7.43. The minimum atomic E-state index is -1.10. The molecular weight excluding hydrogens is 394 g/mol. The first-order valence-corrected chi connectivity index (χ1v) is 10.1. The fourth-order valence-electron chi connectivity index (χ4n) is 3.73. The van der Waals surface area contributed by atoms with Crippen LogP contribution in [0.15, 0.2) is 55.0 Å². The van der Waals surface area contributed by atoms with Crippen LogP contribution in [0.3, 0.4) is 0 Å². The van der Waals surface area contributed by atoms with Crippen molar-refractivity contribution in [2.45, 2.75) is 38.0 Å². The second kappa shape index (κ2) is 8.98. The highest BCUT2D eigenvalue weighted by Crippen LogP contribution is 2.28. The standard InChI is InChI=1S/C23H23N5O3/c1-3-21(29)19-8-6-12-24-22(19)31-17-11-10-16(2)27(15-17)23(30)18-7-4-5-9-20(18)28-25-13-14-26-28/h1,4-9,12-14,16-17,21,29H,10-11,15H2,2H3/t16-,17-,21+/m1/s1. The maximum Gasteiger partial charge on any atom is 0.256 e. The van der Waals surface area contributed by atoms with Crippen molar-refractivity contribution in [2.75, 3.05) is 6.54 Å². The van der Waals surface area contributed by atoms with Gasteiger partial charge in [-0.15, -0.1) is 6.42 Å². The number of aliphatic hydroxyl groups excluding tert-OH is 1. The molecule has 31 heavy (non-hydrogen) atoms. The number of carbonyl (C=O) groups is 1. The number of benzene rings is 1. The molecule has 0 aliphatic carbocycles. The van der Waals surface area contributed by atoms with Crippen molar-refractivity contribution in [1.29, 1.82) is 0 Å². The predicted molar refractivity (Wildman–Crippen MR) is 114 cm³/mol. The number of hydrogen-bond donors (Lipinski definition) is 1. The van der Waals surface area contributed by atoms with E-state index in [0.29, 0.717) is 29.2 Å². The molecule has 3 heterocycles. The van der Waals surface area contributed by atoms with Gasteiger partial charge in [0.25, 0.3) is 5.91 Å². The highest BCUT2D eigenvalue weighted by atomic mass is 16.5. The highest BCUT2D eigenvalue weighted by Gasteiger charge is 2.32. The van der Waals surface area contributed by atoms with Gasteiger partial charge in [0.2, 0.25) is 5.88 Å². The number of aromatic nitrogens is 4. The maximum atomic E-state index is 13.5. The fraction of sp³-hybridized carbons (Fsp3) is 0.304. The van der Waals surface area contributed by atoms with E-state index in [0.717, 1.165) is 12.8 Å². The summed E-state index contributed by atoms with van der Waals surface area (Å²) in [5, 5.41) is 18.4. The van der Waals surface area contributed by atoms with Gasteiger partial charge in [0, 0.05) is 12.2 Å². The summed E-state index contributed by atoms with van der Waals surface area (Å²) in [5.74, 6) is 2.47. The third kappa shape index (κ3) is 4.27. The van der Waals surface area contributed by atoms with E-state index in [2.05, 4.69) is 21.1 Å². The number of piperidine rings is 1. The predicted octanol–water partition coefficient (Wildman–Crippen LogP) is 2.40. The average molecular weight is 417 g/mol. The summed E-state index contributed by atoms with van der Waals surface area (Å²) in [4.78, 5) is 20.9. The molecular formula is C23H23N5O3. The van der Waals surface area contributed by atoms with Crippen molar-refractivity contribution >= 4 is 5.91 Å². The van der Waals surface area contributed by atoms with Crippen LogP contribution in [-0.4, -0.2) is 54.6 Å². The number of amides is 1. The Labute approximate surface area is 180 Å². The Morgan fingerprint density at radius 1 is 1.19 bits per heavy atom. The first-order chi connectivity index (χ1) is 15.1. The number of carbonyl (C=O) groups excluding carboxylic acids is 1. The molecule has 1 aromatic carbocycles. The average Bonchev–Trinajstić information content (AvgIpc) is 3.34. The lowest BCUT2D eigenvalue weighted by Crippen LogP contribution is -2.49. The zero-order chi connectivity index (χ0) is 21.8. The van der Waals surface area contributed by atoms with Gasteiger partial charge in [0.15, 0.2) is 0 Å². The summed E-state index contributed by atoms with van der Waals surface area (Å²) in [6, 6.07) is 10.7. The molecule has 8 heteroatoms. The molecule has 1 aliphatic heterocycles. The molecule has 0 bridgehead atoms. The van der Waals surface area contributed by atoms with E-state index < -0.39 is 6.10 Å². The number of rotatable bonds is 5. The molecule has 3 atom stereocenters. The van der Waals surface area contributed by atoms with Crippen molar-refractivity contribution in [3.05, 3.63) is 66.1 Å². The third-order valence-electron chi connectivity index (χ3n) is 5.40.